The molecule has 3 N–H and O–H groups in total. The molecule has 196 valence electrons. The minimum absolute atomic E-state index is 0.121. The molecule has 0 bridgehead atoms. The number of aryl methyl sites for hydroxylation is 1. The van der Waals surface area contributed by atoms with Gasteiger partial charge in [-0.1, -0.05) is 43.3 Å². The topological polar surface area (TPSA) is 79.8 Å². The third-order valence-corrected chi connectivity index (χ3v) is 6.88. The zero-order valence-electron chi connectivity index (χ0n) is 22.0. The van der Waals surface area contributed by atoms with Gasteiger partial charge in [0.05, 0.1) is 24.9 Å². The Morgan fingerprint density at radius 1 is 1.03 bits per heavy atom. The number of nitrogens with one attached hydrogen (secondary N) is 2. The molecule has 1 fully saturated rings. The van der Waals surface area contributed by atoms with E-state index in [2.05, 4.69) is 47.9 Å². The number of hydrogen-bond acceptors (Lipinski definition) is 5. The fraction of sp³-hybridized carbons (Fsp3) is 0.387. The maximum absolute atomic E-state index is 11.9. The first-order valence-electron chi connectivity index (χ1n) is 13.2. The number of amides is 1. The van der Waals surface area contributed by atoms with Crippen molar-refractivity contribution in [3.8, 4) is 5.75 Å². The lowest BCUT2D eigenvalue weighted by Crippen LogP contribution is -2.35. The van der Waals surface area contributed by atoms with E-state index in [-0.39, 0.29) is 18.1 Å². The maximum Gasteiger partial charge on any atom is 0.251 e. The first kappa shape index (κ1) is 26.7. The molecule has 0 saturated carbocycles. The second kappa shape index (κ2) is 12.7. The Morgan fingerprint density at radius 3 is 2.57 bits per heavy atom. The van der Waals surface area contributed by atoms with E-state index in [0.717, 1.165) is 29.8 Å². The number of aliphatic hydroxyl groups excluding tert-OH is 1. The molecule has 3 aromatic rings. The van der Waals surface area contributed by atoms with E-state index in [0.29, 0.717) is 31.6 Å². The van der Waals surface area contributed by atoms with Crippen LogP contribution in [0.4, 0.5) is 5.69 Å². The molecule has 0 aliphatic carbocycles. The third-order valence-electron chi connectivity index (χ3n) is 6.88. The molecular formula is C31H38N2O4. The zero-order valence-corrected chi connectivity index (χ0v) is 22.0. The van der Waals surface area contributed by atoms with Gasteiger partial charge in [0.1, 0.15) is 5.75 Å². The van der Waals surface area contributed by atoms with Crippen LogP contribution < -0.4 is 15.4 Å². The Labute approximate surface area is 220 Å². The van der Waals surface area contributed by atoms with Crippen LogP contribution in [0.15, 0.2) is 66.7 Å². The fourth-order valence-corrected chi connectivity index (χ4v) is 4.93. The number of rotatable bonds is 10. The first-order chi connectivity index (χ1) is 18.0. The Kier molecular flexibility index (Phi) is 9.20. The maximum atomic E-state index is 11.9. The van der Waals surface area contributed by atoms with Crippen molar-refractivity contribution in [2.24, 2.45) is 0 Å². The van der Waals surface area contributed by atoms with E-state index in [9.17, 15) is 9.90 Å². The first-order valence-corrected chi connectivity index (χ1v) is 13.2. The van der Waals surface area contributed by atoms with Crippen LogP contribution in [0, 0.1) is 0 Å². The molecule has 6 heteroatoms. The van der Waals surface area contributed by atoms with Crippen molar-refractivity contribution in [1.29, 1.82) is 0 Å². The van der Waals surface area contributed by atoms with Gasteiger partial charge in [0.2, 0.25) is 0 Å². The van der Waals surface area contributed by atoms with E-state index in [1.165, 1.54) is 16.7 Å². The summed E-state index contributed by atoms with van der Waals surface area (Å²) in [5, 5.41) is 16.7. The lowest BCUT2D eigenvalue weighted by atomic mass is 9.91. The Morgan fingerprint density at radius 2 is 1.84 bits per heavy atom. The number of ether oxygens (including phenoxy) is 2. The van der Waals surface area contributed by atoms with Crippen LogP contribution in [0.1, 0.15) is 65.4 Å². The Bertz CT molecular complexity index is 1180. The molecule has 3 unspecified atom stereocenters. The van der Waals surface area contributed by atoms with Gasteiger partial charge < -0.3 is 25.2 Å². The molecule has 1 amide bonds. The van der Waals surface area contributed by atoms with Crippen molar-refractivity contribution in [3.05, 3.63) is 94.5 Å². The van der Waals surface area contributed by atoms with Crippen LogP contribution in [-0.2, 0) is 17.6 Å². The highest BCUT2D eigenvalue weighted by molar-refractivity contribution is 5.94. The average molecular weight is 503 g/mol. The van der Waals surface area contributed by atoms with Crippen molar-refractivity contribution in [3.63, 3.8) is 0 Å². The third kappa shape index (κ3) is 7.12. The number of carbonyl (C=O) groups excluding carboxylic acids is 1. The van der Waals surface area contributed by atoms with Crippen LogP contribution in [0.25, 0.3) is 0 Å². The predicted molar refractivity (Wildman–Crippen MR) is 147 cm³/mol. The largest absolute Gasteiger partial charge is 0.494 e. The summed E-state index contributed by atoms with van der Waals surface area (Å²) in [5.74, 6) is 0.768. The normalized spacial score (nSPS) is 19.3. The van der Waals surface area contributed by atoms with Crippen molar-refractivity contribution in [1.82, 2.24) is 5.32 Å². The lowest BCUT2D eigenvalue weighted by molar-refractivity contribution is -0.0916. The van der Waals surface area contributed by atoms with Gasteiger partial charge in [-0.3, -0.25) is 4.79 Å². The minimum atomic E-state index is -0.428. The van der Waals surface area contributed by atoms with E-state index in [1.54, 1.807) is 13.1 Å². The standard InChI is InChI=1S/C31H38N2O4/c1-4-22-11-12-23(16-25(22)15-21-9-13-28(14-10-21)36-5-2)30-19-27(34)18-29(37-30)20-33-26-8-6-7-24(17-26)31(35)32-3/h6-14,16-17,27,29-30,33-34H,4-5,15,18-20H2,1-3H3,(H,32,35). The van der Waals surface area contributed by atoms with Gasteiger partial charge in [0.15, 0.2) is 0 Å². The molecule has 6 nitrogen and oxygen atoms in total. The van der Waals surface area contributed by atoms with Gasteiger partial charge in [-0.15, -0.1) is 0 Å². The quantitative estimate of drug-likeness (QED) is 0.351. The number of anilines is 1. The van der Waals surface area contributed by atoms with Crippen molar-refractivity contribution in [2.75, 3.05) is 25.5 Å². The molecule has 1 saturated heterocycles. The van der Waals surface area contributed by atoms with E-state index < -0.39 is 6.10 Å². The summed E-state index contributed by atoms with van der Waals surface area (Å²) in [6, 6.07) is 22.3. The Hall–Kier alpha value is -3.35. The summed E-state index contributed by atoms with van der Waals surface area (Å²) in [4.78, 5) is 11.9. The molecule has 0 spiro atoms. The molecule has 3 aromatic carbocycles. The van der Waals surface area contributed by atoms with Crippen LogP contribution in [0.5, 0.6) is 5.75 Å². The van der Waals surface area contributed by atoms with Gasteiger partial charge in [0, 0.05) is 37.7 Å². The predicted octanol–water partition coefficient (Wildman–Crippen LogP) is 5.29. The summed E-state index contributed by atoms with van der Waals surface area (Å²) in [6.07, 6.45) is 2.22. The van der Waals surface area contributed by atoms with Crippen LogP contribution >= 0.6 is 0 Å². The number of hydrogen-bond donors (Lipinski definition) is 3. The van der Waals surface area contributed by atoms with Crippen LogP contribution in [-0.4, -0.2) is 43.4 Å². The molecule has 1 aliphatic heterocycles. The minimum Gasteiger partial charge on any atom is -0.494 e. The molecule has 1 aliphatic rings. The molecule has 0 radical (unpaired) electrons. The molecule has 1 heterocycles. The SMILES string of the molecule is CCOc1ccc(Cc2cc(C3CC(O)CC(CNc4cccc(C(=O)NC)c4)O3)ccc2CC)cc1. The summed E-state index contributed by atoms with van der Waals surface area (Å²) in [7, 11) is 1.62. The van der Waals surface area contributed by atoms with Gasteiger partial charge in [0.25, 0.3) is 5.91 Å². The molecule has 4 rings (SSSR count). The molecule has 3 atom stereocenters. The highest BCUT2D eigenvalue weighted by atomic mass is 16.5. The van der Waals surface area contributed by atoms with E-state index in [4.69, 9.17) is 9.47 Å². The second-order valence-electron chi connectivity index (χ2n) is 9.55. The van der Waals surface area contributed by atoms with Crippen LogP contribution in [0.3, 0.4) is 0 Å². The van der Waals surface area contributed by atoms with Gasteiger partial charge in [-0.25, -0.2) is 0 Å². The molecule has 37 heavy (non-hydrogen) atoms. The smallest absolute Gasteiger partial charge is 0.251 e. The summed E-state index contributed by atoms with van der Waals surface area (Å²) >= 11 is 0. The number of benzene rings is 3. The van der Waals surface area contributed by atoms with Crippen LogP contribution in [0.2, 0.25) is 0 Å². The molecule has 0 aromatic heterocycles. The summed E-state index contributed by atoms with van der Waals surface area (Å²) < 4.78 is 12.0. The monoisotopic (exact) mass is 502 g/mol. The Balaban J connectivity index is 1.45. The van der Waals surface area contributed by atoms with E-state index in [1.807, 2.05) is 37.3 Å². The second-order valence-corrected chi connectivity index (χ2v) is 9.55. The summed E-state index contributed by atoms with van der Waals surface area (Å²) in [6.45, 7) is 5.38. The zero-order chi connectivity index (χ0) is 26.2. The van der Waals surface area contributed by atoms with Gasteiger partial charge in [-0.2, -0.15) is 0 Å². The number of carbonyl (C=O) groups is 1. The van der Waals surface area contributed by atoms with E-state index >= 15 is 0 Å². The van der Waals surface area contributed by atoms with Crippen molar-refractivity contribution >= 4 is 11.6 Å². The van der Waals surface area contributed by atoms with Gasteiger partial charge >= 0.3 is 0 Å². The van der Waals surface area contributed by atoms with Gasteiger partial charge in [-0.05, 0) is 72.4 Å². The number of aliphatic hydroxyl groups is 1. The fourth-order valence-electron chi connectivity index (χ4n) is 4.93. The van der Waals surface area contributed by atoms with Crippen molar-refractivity contribution in [2.45, 2.75) is 57.8 Å². The summed E-state index contributed by atoms with van der Waals surface area (Å²) in [5.41, 5.74) is 6.40. The lowest BCUT2D eigenvalue weighted by Gasteiger charge is -2.34. The van der Waals surface area contributed by atoms with Crippen molar-refractivity contribution < 1.29 is 19.4 Å². The average Bonchev–Trinajstić information content (AvgIpc) is 2.92. The molecular weight excluding hydrogens is 464 g/mol. The highest BCUT2D eigenvalue weighted by Gasteiger charge is 2.29. The highest BCUT2D eigenvalue weighted by Crippen LogP contribution is 2.33.